The van der Waals surface area contributed by atoms with Crippen LogP contribution in [0.25, 0.3) is 0 Å². The van der Waals surface area contributed by atoms with E-state index in [1.165, 1.54) is 6.21 Å². The molecule has 0 atom stereocenters. The molecule has 0 fully saturated rings. The number of amides is 1. The second-order valence-corrected chi connectivity index (χ2v) is 6.63. The van der Waals surface area contributed by atoms with Crippen LogP contribution in [0.1, 0.15) is 16.7 Å². The number of hydrogen-bond acceptors (Lipinski definition) is 3. The van der Waals surface area contributed by atoms with Gasteiger partial charge in [0, 0.05) is 0 Å². The van der Waals surface area contributed by atoms with Gasteiger partial charge < -0.3 is 5.11 Å². The monoisotopic (exact) mass is 398 g/mol. The maximum Gasteiger partial charge on any atom is 0.281 e. The van der Waals surface area contributed by atoms with Crippen LogP contribution in [0.15, 0.2) is 84.0 Å². The number of carbonyl (C=O) groups is 1. The summed E-state index contributed by atoms with van der Waals surface area (Å²) in [5, 5.41) is 16.0. The van der Waals surface area contributed by atoms with Crippen molar-refractivity contribution in [1.29, 1.82) is 0 Å². The van der Waals surface area contributed by atoms with Crippen molar-refractivity contribution in [1.82, 2.24) is 5.43 Å². The summed E-state index contributed by atoms with van der Waals surface area (Å²) in [7, 11) is 0. The molecular formula is C21H16Cl2N2O2. The lowest BCUT2D eigenvalue weighted by atomic mass is 9.85. The molecule has 0 aliphatic carbocycles. The Balaban J connectivity index is 1.88. The van der Waals surface area contributed by atoms with Gasteiger partial charge in [-0.15, -0.1) is 0 Å². The molecule has 2 N–H and O–H groups in total. The van der Waals surface area contributed by atoms with Gasteiger partial charge in [0.15, 0.2) is 5.60 Å². The van der Waals surface area contributed by atoms with Gasteiger partial charge in [-0.25, -0.2) is 5.43 Å². The molecule has 0 spiro atoms. The maximum absolute atomic E-state index is 12.9. The lowest BCUT2D eigenvalue weighted by Crippen LogP contribution is -2.43. The summed E-state index contributed by atoms with van der Waals surface area (Å²) in [5.41, 5.74) is 2.08. The SMILES string of the molecule is O=C(NN=Cc1ccc(Cl)c(Cl)c1)C(O)(c1ccccc1)c1ccccc1. The minimum absolute atomic E-state index is 0.386. The molecule has 0 aliphatic rings. The van der Waals surface area contributed by atoms with E-state index in [9.17, 15) is 9.90 Å². The average molecular weight is 399 g/mol. The Kier molecular flexibility index (Phi) is 5.91. The van der Waals surface area contributed by atoms with Crippen molar-refractivity contribution in [3.63, 3.8) is 0 Å². The molecule has 0 saturated heterocycles. The second-order valence-electron chi connectivity index (χ2n) is 5.82. The Morgan fingerprint density at radius 1 is 0.889 bits per heavy atom. The molecule has 1 amide bonds. The molecule has 0 aliphatic heterocycles. The fourth-order valence-corrected chi connectivity index (χ4v) is 2.93. The highest BCUT2D eigenvalue weighted by molar-refractivity contribution is 6.42. The zero-order chi connectivity index (χ0) is 19.3. The number of aliphatic hydroxyl groups is 1. The highest BCUT2D eigenvalue weighted by Gasteiger charge is 2.39. The molecule has 6 heteroatoms. The van der Waals surface area contributed by atoms with Gasteiger partial charge in [0.1, 0.15) is 0 Å². The number of hydrogen-bond donors (Lipinski definition) is 2. The summed E-state index contributed by atoms with van der Waals surface area (Å²) >= 11 is 11.8. The lowest BCUT2D eigenvalue weighted by Gasteiger charge is -2.27. The van der Waals surface area contributed by atoms with Crippen LogP contribution >= 0.6 is 23.2 Å². The van der Waals surface area contributed by atoms with Gasteiger partial charge in [0.25, 0.3) is 5.91 Å². The number of rotatable bonds is 5. The van der Waals surface area contributed by atoms with Gasteiger partial charge in [0.2, 0.25) is 0 Å². The maximum atomic E-state index is 12.9. The smallest absolute Gasteiger partial charge is 0.281 e. The predicted octanol–water partition coefficient (Wildman–Crippen LogP) is 4.38. The van der Waals surface area contributed by atoms with Gasteiger partial charge in [0.05, 0.1) is 16.3 Å². The Morgan fingerprint density at radius 3 is 1.96 bits per heavy atom. The zero-order valence-corrected chi connectivity index (χ0v) is 15.7. The summed E-state index contributed by atoms with van der Waals surface area (Å²) in [6.07, 6.45) is 1.43. The first kappa shape index (κ1) is 19.1. The molecule has 0 bridgehead atoms. The molecule has 3 aromatic carbocycles. The van der Waals surface area contributed by atoms with E-state index in [-0.39, 0.29) is 0 Å². The van der Waals surface area contributed by atoms with Gasteiger partial charge in [-0.3, -0.25) is 4.79 Å². The van der Waals surface area contributed by atoms with Crippen molar-refractivity contribution in [3.05, 3.63) is 106 Å². The Hall–Kier alpha value is -2.66. The largest absolute Gasteiger partial charge is 0.372 e. The molecule has 0 aromatic heterocycles. The van der Waals surface area contributed by atoms with Gasteiger partial charge >= 0.3 is 0 Å². The Morgan fingerprint density at radius 2 is 1.44 bits per heavy atom. The molecule has 136 valence electrons. The minimum atomic E-state index is -1.88. The van der Waals surface area contributed by atoms with Crippen LogP contribution in [0.4, 0.5) is 0 Å². The van der Waals surface area contributed by atoms with E-state index in [0.29, 0.717) is 26.7 Å². The summed E-state index contributed by atoms with van der Waals surface area (Å²) in [4.78, 5) is 12.9. The highest BCUT2D eigenvalue weighted by atomic mass is 35.5. The average Bonchev–Trinajstić information content (AvgIpc) is 2.71. The molecule has 27 heavy (non-hydrogen) atoms. The summed E-state index contributed by atoms with van der Waals surface area (Å²) < 4.78 is 0. The van der Waals surface area contributed by atoms with E-state index in [2.05, 4.69) is 10.5 Å². The van der Waals surface area contributed by atoms with Crippen LogP contribution in [-0.2, 0) is 10.4 Å². The van der Waals surface area contributed by atoms with E-state index in [4.69, 9.17) is 23.2 Å². The van der Waals surface area contributed by atoms with Crippen LogP contribution in [0, 0.1) is 0 Å². The van der Waals surface area contributed by atoms with Gasteiger partial charge in [-0.2, -0.15) is 5.10 Å². The van der Waals surface area contributed by atoms with Crippen molar-refractivity contribution in [2.45, 2.75) is 5.60 Å². The van der Waals surface area contributed by atoms with Gasteiger partial charge in [-0.1, -0.05) is 89.9 Å². The zero-order valence-electron chi connectivity index (χ0n) is 14.1. The fourth-order valence-electron chi connectivity index (χ4n) is 2.63. The van der Waals surface area contributed by atoms with Crippen LogP contribution in [0.3, 0.4) is 0 Å². The standard InChI is InChI=1S/C21H16Cl2N2O2/c22-18-12-11-15(13-19(18)23)14-24-25-20(26)21(27,16-7-3-1-4-8-16)17-9-5-2-6-10-17/h1-14,27H,(H,25,26). The second kappa shape index (κ2) is 8.35. The number of benzene rings is 3. The molecule has 3 rings (SSSR count). The van der Waals surface area contributed by atoms with Crippen molar-refractivity contribution < 1.29 is 9.90 Å². The first-order chi connectivity index (χ1) is 13.0. The summed E-state index contributed by atoms with van der Waals surface area (Å²) in [6.45, 7) is 0. The van der Waals surface area contributed by atoms with E-state index >= 15 is 0 Å². The highest BCUT2D eigenvalue weighted by Crippen LogP contribution is 2.29. The number of hydrazone groups is 1. The number of halogens is 2. The molecule has 0 unspecified atom stereocenters. The van der Waals surface area contributed by atoms with Crippen molar-refractivity contribution in [2.24, 2.45) is 5.10 Å². The number of nitrogens with zero attached hydrogens (tertiary/aromatic N) is 1. The van der Waals surface area contributed by atoms with Crippen molar-refractivity contribution >= 4 is 35.3 Å². The fraction of sp³-hybridized carbons (Fsp3) is 0.0476. The van der Waals surface area contributed by atoms with E-state index in [0.717, 1.165) is 0 Å². The topological polar surface area (TPSA) is 61.7 Å². The molecule has 0 saturated carbocycles. The molecule has 4 nitrogen and oxygen atoms in total. The first-order valence-corrected chi connectivity index (χ1v) is 8.89. The molecular weight excluding hydrogens is 383 g/mol. The Bertz CT molecular complexity index is 921. The lowest BCUT2D eigenvalue weighted by molar-refractivity contribution is -0.136. The third-order valence-corrected chi connectivity index (χ3v) is 4.77. The Labute approximate surface area is 167 Å². The quantitative estimate of drug-likeness (QED) is 0.494. The van der Waals surface area contributed by atoms with Crippen molar-refractivity contribution in [3.8, 4) is 0 Å². The van der Waals surface area contributed by atoms with Crippen LogP contribution < -0.4 is 5.43 Å². The van der Waals surface area contributed by atoms with Gasteiger partial charge in [-0.05, 0) is 28.8 Å². The van der Waals surface area contributed by atoms with E-state index < -0.39 is 11.5 Å². The normalized spacial score (nSPS) is 11.5. The van der Waals surface area contributed by atoms with Crippen LogP contribution in [0.2, 0.25) is 10.0 Å². The van der Waals surface area contributed by atoms with Crippen molar-refractivity contribution in [2.75, 3.05) is 0 Å². The third kappa shape index (κ3) is 4.19. The molecule has 3 aromatic rings. The van der Waals surface area contributed by atoms with E-state index in [1.807, 2.05) is 12.1 Å². The number of nitrogens with one attached hydrogen (secondary N) is 1. The molecule has 0 radical (unpaired) electrons. The number of carbonyl (C=O) groups excluding carboxylic acids is 1. The first-order valence-electron chi connectivity index (χ1n) is 8.14. The summed E-state index contributed by atoms with van der Waals surface area (Å²) in [6, 6.07) is 22.4. The third-order valence-electron chi connectivity index (χ3n) is 4.04. The van der Waals surface area contributed by atoms with E-state index in [1.54, 1.807) is 66.7 Å². The summed E-state index contributed by atoms with van der Waals surface area (Å²) in [5.74, 6) is -0.670. The van der Waals surface area contributed by atoms with Crippen LogP contribution in [0.5, 0.6) is 0 Å². The van der Waals surface area contributed by atoms with Crippen LogP contribution in [-0.4, -0.2) is 17.2 Å². The molecule has 0 heterocycles. The predicted molar refractivity (Wildman–Crippen MR) is 108 cm³/mol. The minimum Gasteiger partial charge on any atom is -0.372 e.